The second-order valence-corrected chi connectivity index (χ2v) is 5.84. The lowest BCUT2D eigenvalue weighted by Gasteiger charge is -2.21. The fraction of sp³-hybridized carbons (Fsp3) is 0.150. The van der Waals surface area contributed by atoms with Crippen molar-refractivity contribution in [2.24, 2.45) is 0 Å². The Bertz CT molecular complexity index is 917. The fourth-order valence-corrected chi connectivity index (χ4v) is 2.54. The van der Waals surface area contributed by atoms with Crippen LogP contribution in [0.4, 0.5) is 20.3 Å². The van der Waals surface area contributed by atoms with Crippen LogP contribution in [0.5, 0.6) is 0 Å². The molecule has 2 aromatic carbocycles. The van der Waals surface area contributed by atoms with Gasteiger partial charge in [0.15, 0.2) is 0 Å². The second-order valence-electron chi connectivity index (χ2n) is 5.84. The Hall–Kier alpha value is -3.35. The van der Waals surface area contributed by atoms with E-state index >= 15 is 0 Å². The van der Waals surface area contributed by atoms with Crippen molar-refractivity contribution in [2.75, 3.05) is 16.8 Å². The number of amides is 1. The van der Waals surface area contributed by atoms with Crippen molar-refractivity contribution in [3.63, 3.8) is 0 Å². The maximum absolute atomic E-state index is 13.7. The number of benzene rings is 2. The van der Waals surface area contributed by atoms with E-state index in [2.05, 4.69) is 15.3 Å². The zero-order chi connectivity index (χ0) is 19.2. The smallest absolute Gasteiger partial charge is 0.275 e. The predicted molar refractivity (Wildman–Crippen MR) is 99.5 cm³/mol. The number of halogens is 2. The van der Waals surface area contributed by atoms with E-state index in [0.29, 0.717) is 18.4 Å². The molecule has 1 heterocycles. The molecule has 138 valence electrons. The van der Waals surface area contributed by atoms with Gasteiger partial charge in [0.2, 0.25) is 0 Å². The number of hydrogen-bond acceptors (Lipinski definition) is 4. The van der Waals surface area contributed by atoms with Crippen molar-refractivity contribution >= 4 is 17.4 Å². The maximum atomic E-state index is 13.7. The summed E-state index contributed by atoms with van der Waals surface area (Å²) < 4.78 is 26.6. The summed E-state index contributed by atoms with van der Waals surface area (Å²) in [6.45, 7) is 3.39. The minimum absolute atomic E-state index is 0.0400. The molecule has 0 aliphatic heterocycles. The molecule has 0 saturated carbocycles. The Morgan fingerprint density at radius 2 is 1.85 bits per heavy atom. The predicted octanol–water partition coefficient (Wildman–Crippen LogP) is 4.03. The Morgan fingerprint density at radius 3 is 2.48 bits per heavy atom. The van der Waals surface area contributed by atoms with E-state index in [9.17, 15) is 13.6 Å². The van der Waals surface area contributed by atoms with E-state index in [1.54, 1.807) is 0 Å². The topological polar surface area (TPSA) is 58.1 Å². The molecule has 1 aromatic heterocycles. The van der Waals surface area contributed by atoms with Gasteiger partial charge in [-0.2, -0.15) is 0 Å². The number of nitrogens with one attached hydrogen (secondary N) is 1. The summed E-state index contributed by atoms with van der Waals surface area (Å²) in [4.78, 5) is 22.6. The fourth-order valence-electron chi connectivity index (χ4n) is 2.54. The largest absolute Gasteiger partial charge is 0.351 e. The van der Waals surface area contributed by atoms with Crippen LogP contribution in [0, 0.1) is 11.6 Å². The average Bonchev–Trinajstić information content (AvgIpc) is 2.69. The van der Waals surface area contributed by atoms with Crippen LogP contribution in [0.1, 0.15) is 23.0 Å². The van der Waals surface area contributed by atoms with E-state index in [4.69, 9.17) is 0 Å². The molecule has 27 heavy (non-hydrogen) atoms. The molecule has 0 atom stereocenters. The van der Waals surface area contributed by atoms with Crippen LogP contribution in [-0.2, 0) is 6.54 Å². The third-order valence-corrected chi connectivity index (χ3v) is 3.97. The highest BCUT2D eigenvalue weighted by molar-refractivity contribution is 6.02. The lowest BCUT2D eigenvalue weighted by Crippen LogP contribution is -2.24. The molecule has 0 radical (unpaired) electrons. The molecule has 0 aliphatic carbocycles. The zero-order valence-electron chi connectivity index (χ0n) is 14.7. The highest BCUT2D eigenvalue weighted by atomic mass is 19.1. The van der Waals surface area contributed by atoms with Crippen molar-refractivity contribution in [1.82, 2.24) is 9.97 Å². The molecule has 0 unspecified atom stereocenters. The molecule has 1 N–H and O–H groups in total. The maximum Gasteiger partial charge on any atom is 0.275 e. The van der Waals surface area contributed by atoms with Gasteiger partial charge in [0.1, 0.15) is 23.1 Å². The van der Waals surface area contributed by atoms with Crippen molar-refractivity contribution in [1.29, 1.82) is 0 Å². The van der Waals surface area contributed by atoms with Gasteiger partial charge in [0, 0.05) is 19.2 Å². The summed E-state index contributed by atoms with van der Waals surface area (Å²) in [5, 5.41) is 2.36. The van der Waals surface area contributed by atoms with Crippen LogP contribution >= 0.6 is 0 Å². The monoisotopic (exact) mass is 368 g/mol. The first-order valence-electron chi connectivity index (χ1n) is 8.44. The van der Waals surface area contributed by atoms with E-state index in [0.717, 1.165) is 24.2 Å². The van der Waals surface area contributed by atoms with Gasteiger partial charge >= 0.3 is 0 Å². The molecule has 1 amide bonds. The summed E-state index contributed by atoms with van der Waals surface area (Å²) in [6, 6.07) is 12.9. The Labute approximate surface area is 155 Å². The molecule has 0 bridgehead atoms. The number of carbonyl (C=O) groups excluding carboxylic acids is 1. The molecule has 0 saturated heterocycles. The first-order valence-corrected chi connectivity index (χ1v) is 8.44. The van der Waals surface area contributed by atoms with Gasteiger partial charge in [-0.1, -0.05) is 30.3 Å². The highest BCUT2D eigenvalue weighted by Crippen LogP contribution is 2.17. The first-order chi connectivity index (χ1) is 13.1. The van der Waals surface area contributed by atoms with E-state index in [-0.39, 0.29) is 11.4 Å². The Kier molecular flexibility index (Phi) is 5.71. The molecule has 0 spiro atoms. The van der Waals surface area contributed by atoms with Gasteiger partial charge in [-0.05, 0) is 24.6 Å². The molecular formula is C20H18F2N4O. The van der Waals surface area contributed by atoms with Crippen LogP contribution in [0.25, 0.3) is 0 Å². The molecule has 0 fully saturated rings. The van der Waals surface area contributed by atoms with Gasteiger partial charge in [-0.3, -0.25) is 4.79 Å². The van der Waals surface area contributed by atoms with Crippen molar-refractivity contribution in [3.05, 3.63) is 83.8 Å². The van der Waals surface area contributed by atoms with E-state index in [1.165, 1.54) is 12.4 Å². The third-order valence-electron chi connectivity index (χ3n) is 3.97. The number of rotatable bonds is 6. The van der Waals surface area contributed by atoms with Gasteiger partial charge < -0.3 is 10.2 Å². The number of anilines is 2. The molecule has 3 rings (SSSR count). The normalized spacial score (nSPS) is 10.5. The van der Waals surface area contributed by atoms with Crippen LogP contribution in [-0.4, -0.2) is 22.4 Å². The number of nitrogens with zero attached hydrogens (tertiary/aromatic N) is 3. The van der Waals surface area contributed by atoms with Crippen LogP contribution in [0.2, 0.25) is 0 Å². The highest BCUT2D eigenvalue weighted by Gasteiger charge is 2.13. The van der Waals surface area contributed by atoms with Crippen molar-refractivity contribution in [2.45, 2.75) is 13.5 Å². The first kappa shape index (κ1) is 18.4. The number of hydrogen-bond donors (Lipinski definition) is 1. The summed E-state index contributed by atoms with van der Waals surface area (Å²) in [5.41, 5.74) is 1.06. The minimum Gasteiger partial charge on any atom is -0.351 e. The van der Waals surface area contributed by atoms with Crippen LogP contribution in [0.15, 0.2) is 60.9 Å². The summed E-state index contributed by atoms with van der Waals surface area (Å²) >= 11 is 0. The molecule has 0 aliphatic rings. The Balaban J connectivity index is 1.70. The number of carbonyl (C=O) groups is 1. The van der Waals surface area contributed by atoms with Crippen molar-refractivity contribution in [3.8, 4) is 0 Å². The average molecular weight is 368 g/mol. The van der Waals surface area contributed by atoms with E-state index < -0.39 is 17.5 Å². The van der Waals surface area contributed by atoms with Crippen LogP contribution < -0.4 is 10.2 Å². The van der Waals surface area contributed by atoms with Crippen molar-refractivity contribution < 1.29 is 13.6 Å². The standard InChI is InChI=1S/C20H18F2N4O/c1-2-26(13-14-6-4-3-5-7-14)19-12-23-18(11-24-19)20(27)25-17-9-8-15(21)10-16(17)22/h3-12H,2,13H2,1H3,(H,25,27). The molecule has 7 heteroatoms. The SMILES string of the molecule is CCN(Cc1ccccc1)c1cnc(C(=O)Nc2ccc(F)cc2F)cn1. The lowest BCUT2D eigenvalue weighted by molar-refractivity contribution is 0.102. The van der Waals surface area contributed by atoms with Gasteiger partial charge in [0.05, 0.1) is 18.1 Å². The summed E-state index contributed by atoms with van der Waals surface area (Å²) in [7, 11) is 0. The lowest BCUT2D eigenvalue weighted by atomic mass is 10.2. The molecule has 5 nitrogen and oxygen atoms in total. The third kappa shape index (κ3) is 4.63. The zero-order valence-corrected chi connectivity index (χ0v) is 14.7. The minimum atomic E-state index is -0.854. The Morgan fingerprint density at radius 1 is 1.07 bits per heavy atom. The second kappa shape index (κ2) is 8.35. The van der Waals surface area contributed by atoms with Gasteiger partial charge in [-0.15, -0.1) is 0 Å². The molecule has 3 aromatic rings. The number of aromatic nitrogens is 2. The van der Waals surface area contributed by atoms with Gasteiger partial charge in [-0.25, -0.2) is 18.7 Å². The summed E-state index contributed by atoms with van der Waals surface area (Å²) in [5.74, 6) is -1.56. The van der Waals surface area contributed by atoms with Crippen LogP contribution in [0.3, 0.4) is 0 Å². The molecular weight excluding hydrogens is 350 g/mol. The summed E-state index contributed by atoms with van der Waals surface area (Å²) in [6.07, 6.45) is 2.84. The quantitative estimate of drug-likeness (QED) is 0.714. The van der Waals surface area contributed by atoms with Gasteiger partial charge in [0.25, 0.3) is 5.91 Å². The van der Waals surface area contributed by atoms with E-state index in [1.807, 2.05) is 42.2 Å².